The number of piperazine rings is 1. The normalized spacial score (nSPS) is 19.9. The molecule has 2 amide bonds. The first-order valence-corrected chi connectivity index (χ1v) is 11.2. The van der Waals surface area contributed by atoms with Gasteiger partial charge in [0.05, 0.1) is 19.3 Å². The van der Waals surface area contributed by atoms with Crippen molar-refractivity contribution in [2.24, 2.45) is 0 Å². The first-order chi connectivity index (χ1) is 15.3. The fourth-order valence-corrected chi connectivity index (χ4v) is 4.04. The van der Waals surface area contributed by atoms with Crippen molar-refractivity contribution in [2.75, 3.05) is 44.7 Å². The molecule has 2 aliphatic heterocycles. The predicted octanol–water partition coefficient (Wildman–Crippen LogP) is 3.52. The molecule has 0 radical (unpaired) electrons. The Morgan fingerprint density at radius 3 is 2.71 bits per heavy atom. The van der Waals surface area contributed by atoms with Gasteiger partial charge in [-0.05, 0) is 54.7 Å². The van der Waals surface area contributed by atoms with Crippen molar-refractivity contribution >= 4 is 11.7 Å². The Balaban J connectivity index is 1.20. The molecule has 2 saturated heterocycles. The van der Waals surface area contributed by atoms with Gasteiger partial charge in [-0.3, -0.25) is 9.88 Å². The Morgan fingerprint density at radius 1 is 1.10 bits per heavy atom. The molecule has 1 atom stereocenters. The number of hydrogen-bond donors (Lipinski definition) is 1. The third kappa shape index (κ3) is 6.75. The van der Waals surface area contributed by atoms with E-state index in [0.717, 1.165) is 63.4 Å². The summed E-state index contributed by atoms with van der Waals surface area (Å²) < 4.78 is 11.5. The third-order valence-electron chi connectivity index (χ3n) is 5.84. The second kappa shape index (κ2) is 11.2. The van der Waals surface area contributed by atoms with Gasteiger partial charge in [0.1, 0.15) is 0 Å². The maximum atomic E-state index is 12.7. The maximum absolute atomic E-state index is 12.7. The number of hydrogen-bond acceptors (Lipinski definition) is 5. The van der Waals surface area contributed by atoms with Crippen LogP contribution >= 0.6 is 0 Å². The van der Waals surface area contributed by atoms with Crippen LogP contribution in [0.25, 0.3) is 0 Å². The van der Waals surface area contributed by atoms with E-state index in [4.69, 9.17) is 9.47 Å². The van der Waals surface area contributed by atoms with Gasteiger partial charge in [0.15, 0.2) is 0 Å². The van der Waals surface area contributed by atoms with Crippen molar-refractivity contribution in [1.29, 1.82) is 0 Å². The number of amides is 2. The molecule has 7 nitrogen and oxygen atoms in total. The zero-order chi connectivity index (χ0) is 21.3. The molecule has 2 aliphatic rings. The summed E-state index contributed by atoms with van der Waals surface area (Å²) in [7, 11) is 0. The molecule has 7 heteroatoms. The van der Waals surface area contributed by atoms with Crippen LogP contribution in [0.1, 0.15) is 30.4 Å². The highest BCUT2D eigenvalue weighted by Gasteiger charge is 2.21. The molecule has 1 unspecified atom stereocenters. The van der Waals surface area contributed by atoms with Gasteiger partial charge in [0.25, 0.3) is 0 Å². The van der Waals surface area contributed by atoms with E-state index in [0.29, 0.717) is 13.2 Å². The molecule has 1 aromatic carbocycles. The number of carbonyl (C=O) groups is 1. The van der Waals surface area contributed by atoms with Crippen molar-refractivity contribution in [3.8, 4) is 0 Å². The average molecular weight is 425 g/mol. The highest BCUT2D eigenvalue weighted by molar-refractivity contribution is 5.89. The molecular formula is C24H32N4O3. The van der Waals surface area contributed by atoms with Gasteiger partial charge in [-0.15, -0.1) is 0 Å². The Kier molecular flexibility index (Phi) is 7.87. The SMILES string of the molecule is O=C(Nc1cccc(COCC2CCCCO2)c1)N1CCN(Cc2ccncc2)CC1. The van der Waals surface area contributed by atoms with E-state index in [2.05, 4.69) is 15.2 Å². The van der Waals surface area contributed by atoms with Crippen LogP contribution < -0.4 is 5.32 Å². The topological polar surface area (TPSA) is 66.9 Å². The minimum atomic E-state index is -0.0442. The van der Waals surface area contributed by atoms with E-state index in [9.17, 15) is 4.79 Å². The lowest BCUT2D eigenvalue weighted by Gasteiger charge is -2.34. The number of anilines is 1. The molecule has 1 N–H and O–H groups in total. The summed E-state index contributed by atoms with van der Waals surface area (Å²) in [5, 5.41) is 3.04. The van der Waals surface area contributed by atoms with Crippen LogP contribution in [-0.4, -0.2) is 66.3 Å². The van der Waals surface area contributed by atoms with Crippen LogP contribution in [0.3, 0.4) is 0 Å². The largest absolute Gasteiger partial charge is 0.376 e. The first-order valence-electron chi connectivity index (χ1n) is 11.2. The Hall–Kier alpha value is -2.48. The smallest absolute Gasteiger partial charge is 0.321 e. The number of urea groups is 1. The van der Waals surface area contributed by atoms with Crippen LogP contribution in [0, 0.1) is 0 Å². The Labute approximate surface area is 184 Å². The Bertz CT molecular complexity index is 819. The number of nitrogens with one attached hydrogen (secondary N) is 1. The molecule has 0 aliphatic carbocycles. The van der Waals surface area contributed by atoms with Crippen molar-refractivity contribution < 1.29 is 14.3 Å². The Morgan fingerprint density at radius 2 is 1.94 bits per heavy atom. The van der Waals surface area contributed by atoms with Crippen LogP contribution in [-0.2, 0) is 22.6 Å². The quantitative estimate of drug-likeness (QED) is 0.737. The molecular weight excluding hydrogens is 392 g/mol. The van der Waals surface area contributed by atoms with E-state index >= 15 is 0 Å². The number of benzene rings is 1. The van der Waals surface area contributed by atoms with E-state index in [1.165, 1.54) is 12.0 Å². The number of pyridine rings is 1. The maximum Gasteiger partial charge on any atom is 0.321 e. The van der Waals surface area contributed by atoms with E-state index in [1.54, 1.807) is 0 Å². The molecule has 0 saturated carbocycles. The first kappa shape index (κ1) is 21.7. The fraction of sp³-hybridized carbons (Fsp3) is 0.500. The minimum absolute atomic E-state index is 0.0442. The van der Waals surface area contributed by atoms with Gasteiger partial charge in [-0.1, -0.05) is 12.1 Å². The highest BCUT2D eigenvalue weighted by atomic mass is 16.5. The van der Waals surface area contributed by atoms with Gasteiger partial charge in [0, 0.05) is 57.4 Å². The van der Waals surface area contributed by atoms with E-state index in [1.807, 2.05) is 53.7 Å². The molecule has 0 spiro atoms. The summed E-state index contributed by atoms with van der Waals surface area (Å²) in [4.78, 5) is 21.0. The number of ether oxygens (including phenoxy) is 2. The number of carbonyl (C=O) groups excluding carboxylic acids is 1. The predicted molar refractivity (Wildman–Crippen MR) is 120 cm³/mol. The summed E-state index contributed by atoms with van der Waals surface area (Å²) in [6.45, 7) is 6.07. The lowest BCUT2D eigenvalue weighted by atomic mass is 10.1. The average Bonchev–Trinajstić information content (AvgIpc) is 2.81. The summed E-state index contributed by atoms with van der Waals surface area (Å²) >= 11 is 0. The van der Waals surface area contributed by atoms with Crippen LogP contribution in [0.4, 0.5) is 10.5 Å². The monoisotopic (exact) mass is 424 g/mol. The zero-order valence-corrected chi connectivity index (χ0v) is 18.0. The standard InChI is InChI=1S/C24H32N4O3/c29-24(28-13-11-27(12-14-28)17-20-7-9-25-10-8-20)26-22-5-3-4-21(16-22)18-30-19-23-6-1-2-15-31-23/h3-5,7-10,16,23H,1-2,6,11-15,17-19H2,(H,26,29). The zero-order valence-electron chi connectivity index (χ0n) is 18.0. The van der Waals surface area contributed by atoms with Crippen molar-refractivity contribution in [3.63, 3.8) is 0 Å². The van der Waals surface area contributed by atoms with Crippen molar-refractivity contribution in [2.45, 2.75) is 38.5 Å². The van der Waals surface area contributed by atoms with Crippen LogP contribution in [0.15, 0.2) is 48.8 Å². The van der Waals surface area contributed by atoms with Gasteiger partial charge in [-0.2, -0.15) is 0 Å². The van der Waals surface area contributed by atoms with Gasteiger partial charge < -0.3 is 19.7 Å². The molecule has 1 aromatic heterocycles. The third-order valence-corrected chi connectivity index (χ3v) is 5.84. The number of nitrogens with zero attached hydrogens (tertiary/aromatic N) is 3. The fourth-order valence-electron chi connectivity index (χ4n) is 4.04. The van der Waals surface area contributed by atoms with Crippen LogP contribution in [0.5, 0.6) is 0 Å². The minimum Gasteiger partial charge on any atom is -0.376 e. The van der Waals surface area contributed by atoms with E-state index < -0.39 is 0 Å². The summed E-state index contributed by atoms with van der Waals surface area (Å²) in [5.74, 6) is 0. The summed E-state index contributed by atoms with van der Waals surface area (Å²) in [6.07, 6.45) is 7.30. The molecule has 4 rings (SSSR count). The van der Waals surface area contributed by atoms with Gasteiger partial charge in [-0.25, -0.2) is 4.79 Å². The molecule has 2 fully saturated rings. The van der Waals surface area contributed by atoms with Crippen LogP contribution in [0.2, 0.25) is 0 Å². The molecule has 0 bridgehead atoms. The van der Waals surface area contributed by atoms with E-state index in [-0.39, 0.29) is 12.1 Å². The summed E-state index contributed by atoms with van der Waals surface area (Å²) in [6, 6.07) is 11.9. The number of rotatable bonds is 7. The molecule has 166 valence electrons. The van der Waals surface area contributed by atoms with Gasteiger partial charge in [0.2, 0.25) is 0 Å². The number of aromatic nitrogens is 1. The second-order valence-corrected chi connectivity index (χ2v) is 8.25. The molecule has 31 heavy (non-hydrogen) atoms. The lowest BCUT2D eigenvalue weighted by Crippen LogP contribution is -2.49. The summed E-state index contributed by atoms with van der Waals surface area (Å²) in [5.41, 5.74) is 3.11. The van der Waals surface area contributed by atoms with Crippen molar-refractivity contribution in [1.82, 2.24) is 14.8 Å². The lowest BCUT2D eigenvalue weighted by molar-refractivity contribution is -0.0447. The molecule has 3 heterocycles. The molecule has 2 aromatic rings. The van der Waals surface area contributed by atoms with Gasteiger partial charge >= 0.3 is 6.03 Å². The van der Waals surface area contributed by atoms with Crippen molar-refractivity contribution in [3.05, 3.63) is 59.9 Å². The highest BCUT2D eigenvalue weighted by Crippen LogP contribution is 2.16. The second-order valence-electron chi connectivity index (χ2n) is 8.25.